The van der Waals surface area contributed by atoms with Crippen molar-refractivity contribution in [3.63, 3.8) is 0 Å². The van der Waals surface area contributed by atoms with Crippen molar-refractivity contribution in [2.45, 2.75) is 19.3 Å². The van der Waals surface area contributed by atoms with E-state index in [1.807, 2.05) is 18.2 Å². The zero-order chi connectivity index (χ0) is 22.1. The Balaban J connectivity index is 1.35. The van der Waals surface area contributed by atoms with E-state index in [9.17, 15) is 9.59 Å². The van der Waals surface area contributed by atoms with E-state index < -0.39 is 0 Å². The fourth-order valence-electron chi connectivity index (χ4n) is 3.40. The summed E-state index contributed by atoms with van der Waals surface area (Å²) in [5.41, 5.74) is 3.50. The van der Waals surface area contributed by atoms with E-state index >= 15 is 0 Å². The van der Waals surface area contributed by atoms with Gasteiger partial charge in [-0.1, -0.05) is 24.1 Å². The van der Waals surface area contributed by atoms with Gasteiger partial charge >= 0.3 is 0 Å². The summed E-state index contributed by atoms with van der Waals surface area (Å²) in [6.07, 6.45) is 8.01. The fraction of sp³-hybridized carbons (Fsp3) is 0.174. The Kier molecular flexibility index (Phi) is 5.63. The molecule has 5 rings (SSSR count). The van der Waals surface area contributed by atoms with Crippen LogP contribution in [0.15, 0.2) is 58.7 Å². The summed E-state index contributed by atoms with van der Waals surface area (Å²) in [6, 6.07) is 10.8. The Morgan fingerprint density at radius 2 is 1.97 bits per heavy atom. The number of anilines is 1. The molecule has 9 heteroatoms. The molecule has 0 radical (unpaired) electrons. The molecule has 1 aliphatic carbocycles. The van der Waals surface area contributed by atoms with E-state index in [4.69, 9.17) is 11.6 Å². The van der Waals surface area contributed by atoms with E-state index in [-0.39, 0.29) is 17.7 Å². The van der Waals surface area contributed by atoms with E-state index in [0.29, 0.717) is 26.5 Å². The number of carbonyl (C=O) groups is 2. The highest BCUT2D eigenvalue weighted by Crippen LogP contribution is 2.34. The van der Waals surface area contributed by atoms with Gasteiger partial charge < -0.3 is 10.6 Å². The lowest BCUT2D eigenvalue weighted by atomic mass is 9.85. The number of nitrogens with zero attached hydrogens (tertiary/aromatic N) is 3. The van der Waals surface area contributed by atoms with Crippen LogP contribution in [0.25, 0.3) is 17.1 Å². The van der Waals surface area contributed by atoms with Crippen LogP contribution in [0, 0.1) is 5.92 Å². The number of aromatic nitrogens is 2. The zero-order valence-electron chi connectivity index (χ0n) is 16.8. The molecule has 2 N–H and O–H groups in total. The van der Waals surface area contributed by atoms with Crippen molar-refractivity contribution in [2.75, 3.05) is 5.32 Å². The molecule has 2 aliphatic rings. The number of carbonyl (C=O) groups excluding carboxylic acids is 2. The predicted molar refractivity (Wildman–Crippen MR) is 128 cm³/mol. The van der Waals surface area contributed by atoms with Crippen LogP contribution in [0.4, 0.5) is 11.4 Å². The third-order valence-corrected chi connectivity index (χ3v) is 6.58. The lowest BCUT2D eigenvalue weighted by Gasteiger charge is -2.24. The molecule has 2 fully saturated rings. The maximum Gasteiger partial charge on any atom is 0.264 e. The minimum atomic E-state index is -0.237. The monoisotopic (exact) mass is 463 g/mol. The first-order chi connectivity index (χ1) is 15.5. The molecule has 1 saturated carbocycles. The van der Waals surface area contributed by atoms with Crippen molar-refractivity contribution in [1.82, 2.24) is 15.3 Å². The Bertz CT molecular complexity index is 1300. The van der Waals surface area contributed by atoms with Crippen molar-refractivity contribution >= 4 is 68.8 Å². The van der Waals surface area contributed by atoms with Crippen LogP contribution in [0.5, 0.6) is 0 Å². The molecule has 0 bridgehead atoms. The van der Waals surface area contributed by atoms with Crippen LogP contribution in [0.1, 0.15) is 24.8 Å². The normalized spacial score (nSPS) is 18.7. The minimum Gasteiger partial charge on any atom is -0.326 e. The average Bonchev–Trinajstić information content (AvgIpc) is 3.07. The first-order valence-electron chi connectivity index (χ1n) is 10.2. The van der Waals surface area contributed by atoms with Crippen LogP contribution in [0.3, 0.4) is 0 Å². The maximum atomic E-state index is 12.5. The summed E-state index contributed by atoms with van der Waals surface area (Å²) in [4.78, 5) is 38.2. The molecule has 0 atom stereocenters. The number of nitrogens with one attached hydrogen (secondary N) is 2. The van der Waals surface area contributed by atoms with E-state index in [1.165, 1.54) is 11.8 Å². The summed E-state index contributed by atoms with van der Waals surface area (Å²) in [5.74, 6) is -0.136. The quantitative estimate of drug-likeness (QED) is 0.535. The molecule has 2 aromatic carbocycles. The molecule has 160 valence electrons. The van der Waals surface area contributed by atoms with Crippen LogP contribution < -0.4 is 10.6 Å². The van der Waals surface area contributed by atoms with Crippen molar-refractivity contribution in [3.8, 4) is 0 Å². The number of thioether (sulfide) groups is 1. The highest BCUT2D eigenvalue weighted by molar-refractivity contribution is 8.18. The molecule has 3 aromatic rings. The van der Waals surface area contributed by atoms with Gasteiger partial charge in [0.05, 0.1) is 26.6 Å². The largest absolute Gasteiger partial charge is 0.326 e. The van der Waals surface area contributed by atoms with Gasteiger partial charge in [0.1, 0.15) is 0 Å². The van der Waals surface area contributed by atoms with Gasteiger partial charge in [0.25, 0.3) is 5.91 Å². The Morgan fingerprint density at radius 1 is 1.16 bits per heavy atom. The molecule has 1 saturated heterocycles. The van der Waals surface area contributed by atoms with Gasteiger partial charge in [-0.05, 0) is 66.6 Å². The van der Waals surface area contributed by atoms with E-state index in [2.05, 4.69) is 25.6 Å². The smallest absolute Gasteiger partial charge is 0.264 e. The second-order valence-corrected chi connectivity index (χ2v) is 9.01. The first-order valence-corrected chi connectivity index (χ1v) is 11.4. The van der Waals surface area contributed by atoms with Crippen LogP contribution in [0.2, 0.25) is 5.02 Å². The second kappa shape index (κ2) is 8.72. The van der Waals surface area contributed by atoms with Gasteiger partial charge in [-0.2, -0.15) is 0 Å². The van der Waals surface area contributed by atoms with E-state index in [0.717, 1.165) is 35.9 Å². The van der Waals surface area contributed by atoms with Gasteiger partial charge in [0.15, 0.2) is 5.17 Å². The fourth-order valence-corrected chi connectivity index (χ4v) is 4.40. The van der Waals surface area contributed by atoms with Crippen molar-refractivity contribution in [1.29, 1.82) is 0 Å². The number of amidine groups is 1. The molecule has 32 heavy (non-hydrogen) atoms. The summed E-state index contributed by atoms with van der Waals surface area (Å²) < 4.78 is 0. The number of aliphatic imine (C=N–C) groups is 1. The lowest BCUT2D eigenvalue weighted by Crippen LogP contribution is -2.27. The van der Waals surface area contributed by atoms with Gasteiger partial charge in [-0.25, -0.2) is 4.99 Å². The minimum absolute atomic E-state index is 0.0195. The summed E-state index contributed by atoms with van der Waals surface area (Å²) in [6.45, 7) is 0. The average molecular weight is 464 g/mol. The zero-order valence-corrected chi connectivity index (χ0v) is 18.4. The molecule has 2 amide bonds. The third kappa shape index (κ3) is 4.37. The third-order valence-electron chi connectivity index (χ3n) is 5.35. The molecule has 0 spiro atoms. The Morgan fingerprint density at radius 3 is 2.75 bits per heavy atom. The summed E-state index contributed by atoms with van der Waals surface area (Å²) in [7, 11) is 0. The van der Waals surface area contributed by atoms with Crippen molar-refractivity contribution in [3.05, 3.63) is 64.3 Å². The number of hydrogen-bond donors (Lipinski definition) is 2. The Labute approximate surface area is 193 Å². The lowest BCUT2D eigenvalue weighted by molar-refractivity contribution is -0.122. The van der Waals surface area contributed by atoms with Crippen LogP contribution >= 0.6 is 23.4 Å². The highest BCUT2D eigenvalue weighted by Gasteiger charge is 2.26. The van der Waals surface area contributed by atoms with Gasteiger partial charge in [0, 0.05) is 24.0 Å². The van der Waals surface area contributed by atoms with Crippen molar-refractivity contribution in [2.24, 2.45) is 10.9 Å². The number of rotatable bonds is 4. The SMILES string of the molecule is O=C1NC(=Nc2cc(NC(=O)C3CCC3)ccc2Cl)S/C1=C/c1ccc2nccnc2c1. The van der Waals surface area contributed by atoms with E-state index in [1.54, 1.807) is 36.7 Å². The molecule has 7 nitrogen and oxygen atoms in total. The number of halogens is 1. The highest BCUT2D eigenvalue weighted by atomic mass is 35.5. The molecule has 1 aromatic heterocycles. The first kappa shape index (κ1) is 20.7. The topological polar surface area (TPSA) is 96.3 Å². The number of benzene rings is 2. The van der Waals surface area contributed by atoms with Crippen molar-refractivity contribution < 1.29 is 9.59 Å². The molecule has 1 aliphatic heterocycles. The summed E-state index contributed by atoms with van der Waals surface area (Å²) in [5, 5.41) is 6.54. The molecular formula is C23H18ClN5O2S. The Hall–Kier alpha value is -3.23. The van der Waals surface area contributed by atoms with Gasteiger partial charge in [-0.3, -0.25) is 19.6 Å². The maximum absolute atomic E-state index is 12.5. The predicted octanol–water partition coefficient (Wildman–Crippen LogP) is 4.91. The van der Waals surface area contributed by atoms with Crippen LogP contribution in [-0.4, -0.2) is 26.9 Å². The van der Waals surface area contributed by atoms with Gasteiger partial charge in [-0.15, -0.1) is 0 Å². The number of fused-ring (bicyclic) bond motifs is 1. The second-order valence-electron chi connectivity index (χ2n) is 7.57. The molecular weight excluding hydrogens is 446 g/mol. The van der Waals surface area contributed by atoms with Gasteiger partial charge in [0.2, 0.25) is 5.91 Å². The van der Waals surface area contributed by atoms with Crippen LogP contribution in [-0.2, 0) is 9.59 Å². The standard InChI is InChI=1S/C23H18ClN5O2S/c24-16-6-5-15(27-21(30)14-2-1-3-14)12-18(16)28-23-29-22(31)20(32-23)11-13-4-7-17-19(10-13)26-9-8-25-17/h4-12,14H,1-3H2,(H,27,30)(H,28,29,31)/b20-11+. The number of amides is 2. The molecule has 2 heterocycles. The summed E-state index contributed by atoms with van der Waals surface area (Å²) >= 11 is 7.53. The number of hydrogen-bond acceptors (Lipinski definition) is 6. The molecule has 0 unspecified atom stereocenters.